The van der Waals surface area contributed by atoms with Gasteiger partial charge in [-0.3, -0.25) is 14.1 Å². The van der Waals surface area contributed by atoms with Crippen molar-refractivity contribution < 1.29 is 60.9 Å². The molecule has 0 saturated heterocycles. The molecule has 13 nitrogen and oxygen atoms in total. The van der Waals surface area contributed by atoms with E-state index in [2.05, 4.69) is 24.4 Å². The van der Waals surface area contributed by atoms with Gasteiger partial charge in [-0.1, -0.05) is 0 Å². The average Bonchev–Trinajstić information content (AvgIpc) is 3.47. The molecule has 0 amide bonds. The van der Waals surface area contributed by atoms with Crippen molar-refractivity contribution in [3.05, 3.63) is 35.9 Å². The number of alkyl halides is 4. The standard InChI is InChI=1S/C23H36F4N4O9/c1-30-18(3-5-28-30)9-36-12-20(32)11-34-7-8-35-17-39-16-23(26,27)40-22(24,25)15-38-14-21(33)13-37-10-19-4-6-29-31(19)2/h3-6,20-21,32-33H,7-17H2,1-2H3. The van der Waals surface area contributed by atoms with Crippen LogP contribution in [0.1, 0.15) is 11.4 Å². The fourth-order valence-corrected chi connectivity index (χ4v) is 2.99. The van der Waals surface area contributed by atoms with Crippen molar-refractivity contribution >= 4 is 0 Å². The lowest BCUT2D eigenvalue weighted by Crippen LogP contribution is -2.40. The molecule has 0 fully saturated rings. The average molecular weight is 589 g/mol. The lowest BCUT2D eigenvalue weighted by atomic mass is 10.4. The van der Waals surface area contributed by atoms with Crippen molar-refractivity contribution in [2.24, 2.45) is 14.1 Å². The van der Waals surface area contributed by atoms with Gasteiger partial charge in [-0.05, 0) is 12.1 Å². The Balaban J connectivity index is 1.45. The van der Waals surface area contributed by atoms with Gasteiger partial charge in [-0.25, -0.2) is 0 Å². The normalized spacial score (nSPS) is 14.1. The Labute approximate surface area is 228 Å². The third-order valence-electron chi connectivity index (χ3n) is 4.96. The van der Waals surface area contributed by atoms with Crippen molar-refractivity contribution in [1.29, 1.82) is 0 Å². The molecular weight excluding hydrogens is 552 g/mol. The Morgan fingerprint density at radius 2 is 1.15 bits per heavy atom. The highest BCUT2D eigenvalue weighted by Crippen LogP contribution is 2.27. The summed E-state index contributed by atoms with van der Waals surface area (Å²) in [4.78, 5) is 0. The molecule has 2 heterocycles. The van der Waals surface area contributed by atoms with E-state index in [-0.39, 0.29) is 46.2 Å². The van der Waals surface area contributed by atoms with Crippen LogP contribution in [-0.2, 0) is 60.5 Å². The summed E-state index contributed by atoms with van der Waals surface area (Å²) in [5, 5.41) is 27.5. The van der Waals surface area contributed by atoms with Gasteiger partial charge in [0, 0.05) is 26.5 Å². The number of aryl methyl sites for hydroxylation is 2. The minimum Gasteiger partial charge on any atom is -0.388 e. The van der Waals surface area contributed by atoms with Gasteiger partial charge in [0.2, 0.25) is 0 Å². The van der Waals surface area contributed by atoms with Crippen molar-refractivity contribution in [2.75, 3.05) is 59.6 Å². The number of hydrogen-bond donors (Lipinski definition) is 2. The quantitative estimate of drug-likeness (QED) is 0.108. The summed E-state index contributed by atoms with van der Waals surface area (Å²) in [6.07, 6.45) is -7.65. The second-order valence-corrected chi connectivity index (χ2v) is 8.57. The number of nitrogens with zero attached hydrogens (tertiary/aromatic N) is 4. The zero-order chi connectivity index (χ0) is 29.4. The number of halogens is 4. The Morgan fingerprint density at radius 3 is 1.65 bits per heavy atom. The first-order valence-electron chi connectivity index (χ1n) is 12.2. The van der Waals surface area contributed by atoms with E-state index in [1.165, 1.54) is 0 Å². The molecule has 2 unspecified atom stereocenters. The van der Waals surface area contributed by atoms with Gasteiger partial charge in [-0.2, -0.15) is 27.8 Å². The number of rotatable bonds is 23. The number of ether oxygens (including phenoxy) is 7. The van der Waals surface area contributed by atoms with Crippen LogP contribution in [0, 0.1) is 0 Å². The Hall–Kier alpha value is -2.22. The lowest BCUT2D eigenvalue weighted by molar-refractivity contribution is -0.396. The molecule has 2 rings (SSSR count). The van der Waals surface area contributed by atoms with Crippen molar-refractivity contribution in [3.8, 4) is 0 Å². The second-order valence-electron chi connectivity index (χ2n) is 8.57. The highest BCUT2D eigenvalue weighted by molar-refractivity contribution is 4.98. The van der Waals surface area contributed by atoms with Crippen molar-refractivity contribution in [2.45, 2.75) is 37.6 Å². The predicted molar refractivity (Wildman–Crippen MR) is 127 cm³/mol. The summed E-state index contributed by atoms with van der Waals surface area (Å²) in [7, 11) is 3.46. The molecule has 0 saturated carbocycles. The molecule has 40 heavy (non-hydrogen) atoms. The summed E-state index contributed by atoms with van der Waals surface area (Å²) in [6, 6.07) is 3.48. The summed E-state index contributed by atoms with van der Waals surface area (Å²) >= 11 is 0. The molecule has 17 heteroatoms. The second kappa shape index (κ2) is 17.6. The highest BCUT2D eigenvalue weighted by Gasteiger charge is 2.44. The Kier molecular flexibility index (Phi) is 14.9. The SMILES string of the molecule is Cn1nccc1COCC(O)COCCOCOCC(F)(F)OC(F)(F)COCC(O)COCc1ccnn1C. The molecule has 0 bridgehead atoms. The van der Waals surface area contributed by atoms with Gasteiger partial charge < -0.3 is 38.6 Å². The van der Waals surface area contributed by atoms with Gasteiger partial charge in [0.15, 0.2) is 0 Å². The zero-order valence-corrected chi connectivity index (χ0v) is 22.3. The first-order chi connectivity index (χ1) is 19.0. The van der Waals surface area contributed by atoms with Crippen LogP contribution >= 0.6 is 0 Å². The van der Waals surface area contributed by atoms with Crippen LogP contribution in [0.5, 0.6) is 0 Å². The number of aromatic nitrogens is 4. The minimum atomic E-state index is -4.35. The Morgan fingerprint density at radius 1 is 0.700 bits per heavy atom. The van der Waals surface area contributed by atoms with E-state index in [1.54, 1.807) is 48.0 Å². The number of hydrogen-bond acceptors (Lipinski definition) is 11. The van der Waals surface area contributed by atoms with Crippen molar-refractivity contribution in [3.63, 3.8) is 0 Å². The van der Waals surface area contributed by atoms with E-state index >= 15 is 0 Å². The minimum absolute atomic E-state index is 0.0185. The number of aliphatic hydroxyl groups excluding tert-OH is 2. The lowest BCUT2D eigenvalue weighted by Gasteiger charge is -2.24. The monoisotopic (exact) mass is 588 g/mol. The van der Waals surface area contributed by atoms with Crippen LogP contribution < -0.4 is 0 Å². The molecule has 0 aliphatic carbocycles. The van der Waals surface area contributed by atoms with Crippen LogP contribution in [0.2, 0.25) is 0 Å². The Bertz CT molecular complexity index is 951. The van der Waals surface area contributed by atoms with Crippen molar-refractivity contribution in [1.82, 2.24) is 19.6 Å². The van der Waals surface area contributed by atoms with E-state index < -0.39 is 51.0 Å². The van der Waals surface area contributed by atoms with Crippen LogP contribution in [0.4, 0.5) is 17.6 Å². The summed E-state index contributed by atoms with van der Waals surface area (Å²) < 4.78 is 91.3. The van der Waals surface area contributed by atoms with E-state index in [0.717, 1.165) is 11.4 Å². The fourth-order valence-electron chi connectivity index (χ4n) is 2.99. The third-order valence-corrected chi connectivity index (χ3v) is 4.96. The van der Waals surface area contributed by atoms with Crippen LogP contribution in [0.15, 0.2) is 24.5 Å². The summed E-state index contributed by atoms with van der Waals surface area (Å²) in [5.74, 6) is 0. The van der Waals surface area contributed by atoms with Gasteiger partial charge in [0.05, 0.1) is 64.2 Å². The third kappa shape index (κ3) is 14.4. The molecule has 0 spiro atoms. The summed E-state index contributed by atoms with van der Waals surface area (Å²) in [5.41, 5.74) is 1.56. The molecule has 2 aromatic heterocycles. The van der Waals surface area contributed by atoms with E-state index in [0.29, 0.717) is 0 Å². The van der Waals surface area contributed by atoms with E-state index in [4.69, 9.17) is 18.9 Å². The van der Waals surface area contributed by atoms with E-state index in [9.17, 15) is 27.8 Å². The molecule has 230 valence electrons. The van der Waals surface area contributed by atoms with Gasteiger partial charge in [0.25, 0.3) is 0 Å². The number of aliphatic hydroxyl groups is 2. The van der Waals surface area contributed by atoms with E-state index in [1.807, 2.05) is 0 Å². The maximum atomic E-state index is 13.7. The topological polar surface area (TPSA) is 141 Å². The molecular formula is C23H36F4N4O9. The van der Waals surface area contributed by atoms with Crippen LogP contribution in [0.25, 0.3) is 0 Å². The van der Waals surface area contributed by atoms with Crippen LogP contribution in [0.3, 0.4) is 0 Å². The molecule has 0 aliphatic heterocycles. The smallest absolute Gasteiger partial charge is 0.383 e. The maximum absolute atomic E-state index is 13.7. The molecule has 2 atom stereocenters. The molecule has 0 radical (unpaired) electrons. The summed E-state index contributed by atoms with van der Waals surface area (Å²) in [6.45, 7) is -4.13. The zero-order valence-electron chi connectivity index (χ0n) is 22.3. The molecule has 2 N–H and O–H groups in total. The highest BCUT2D eigenvalue weighted by atomic mass is 19.3. The maximum Gasteiger partial charge on any atom is 0.383 e. The first kappa shape index (κ1) is 34.0. The van der Waals surface area contributed by atoms with Gasteiger partial charge in [0.1, 0.15) is 32.2 Å². The van der Waals surface area contributed by atoms with Crippen LogP contribution in [-0.4, -0.2) is 114 Å². The van der Waals surface area contributed by atoms with Gasteiger partial charge >= 0.3 is 12.2 Å². The fraction of sp³-hybridized carbons (Fsp3) is 0.739. The predicted octanol–water partition coefficient (Wildman–Crippen LogP) is 0.835. The molecule has 2 aromatic rings. The molecule has 0 aliphatic rings. The largest absolute Gasteiger partial charge is 0.388 e. The van der Waals surface area contributed by atoms with Gasteiger partial charge in [-0.15, -0.1) is 0 Å². The molecule has 0 aromatic carbocycles. The first-order valence-corrected chi connectivity index (χ1v) is 12.2.